The Labute approximate surface area is 52.8 Å². The molecule has 0 saturated heterocycles. The number of hydroxylamine groups is 2. The lowest BCUT2D eigenvalue weighted by atomic mass is 10.6. The standard InChI is InChI=1S/C3H6N2O2.ClH/c6-3-1-4-2-5(3)7;/h2-3,6-7H,1H2;1H. The highest BCUT2D eigenvalue weighted by atomic mass is 35.5. The van der Waals surface area contributed by atoms with Crippen molar-refractivity contribution in [3.05, 3.63) is 0 Å². The highest BCUT2D eigenvalue weighted by molar-refractivity contribution is 5.44. The fraction of sp³-hybridized carbons (Fsp3) is 0.667. The van der Waals surface area contributed by atoms with Crippen molar-refractivity contribution >= 4 is 6.34 Å². The molecule has 1 aliphatic rings. The van der Waals surface area contributed by atoms with Gasteiger partial charge in [-0.05, 0) is 0 Å². The molecule has 48 valence electrons. The van der Waals surface area contributed by atoms with Crippen molar-refractivity contribution in [2.75, 3.05) is 6.54 Å². The molecule has 1 aliphatic heterocycles. The van der Waals surface area contributed by atoms with E-state index < -0.39 is 6.23 Å². The summed E-state index contributed by atoms with van der Waals surface area (Å²) in [5, 5.41) is 17.1. The van der Waals surface area contributed by atoms with Crippen LogP contribution in [0.1, 0.15) is 0 Å². The lowest BCUT2D eigenvalue weighted by Gasteiger charge is -2.00. The fourth-order valence-corrected chi connectivity index (χ4v) is 0.426. The third-order valence-corrected chi connectivity index (χ3v) is 0.843. The van der Waals surface area contributed by atoms with Crippen LogP contribution >= 0.6 is 0 Å². The summed E-state index contributed by atoms with van der Waals surface area (Å²) in [6, 6.07) is 0. The number of hydrogen-bond acceptors (Lipinski definition) is 3. The monoisotopic (exact) mass is 138 g/mol. The number of rotatable bonds is 0. The third kappa shape index (κ3) is 1.41. The van der Waals surface area contributed by atoms with Crippen molar-refractivity contribution in [3.63, 3.8) is 0 Å². The Morgan fingerprint density at radius 3 is 2.50 bits per heavy atom. The smallest absolute Gasteiger partial charge is 0.244 e. The molecule has 0 saturated carbocycles. The maximum absolute atomic E-state index is 8.59. The van der Waals surface area contributed by atoms with Crippen LogP contribution in [0.4, 0.5) is 0 Å². The summed E-state index contributed by atoms with van der Waals surface area (Å²) in [6.07, 6.45) is 0.532. The summed E-state index contributed by atoms with van der Waals surface area (Å²) in [5.41, 5.74) is 0. The Bertz CT molecular complexity index is 97.3. The second kappa shape index (κ2) is 2.99. The summed E-state index contributed by atoms with van der Waals surface area (Å²) < 4.78 is 0. The molecule has 0 spiro atoms. The van der Waals surface area contributed by atoms with E-state index >= 15 is 0 Å². The SMILES string of the molecule is OC1CN=C[NH+]1O.[Cl-]. The van der Waals surface area contributed by atoms with Gasteiger partial charge in [0.15, 0.2) is 0 Å². The maximum Gasteiger partial charge on any atom is 0.244 e. The van der Waals surface area contributed by atoms with Gasteiger partial charge < -0.3 is 17.5 Å². The molecule has 1 rings (SSSR count). The average Bonchev–Trinajstić information content (AvgIpc) is 1.91. The summed E-state index contributed by atoms with van der Waals surface area (Å²) in [5.74, 6) is 0. The van der Waals surface area contributed by atoms with Gasteiger partial charge in [0, 0.05) is 0 Å². The molecular weight excluding hydrogens is 131 g/mol. The molecule has 5 heteroatoms. The Kier molecular flexibility index (Phi) is 2.93. The minimum absolute atomic E-state index is 0. The van der Waals surface area contributed by atoms with Gasteiger partial charge in [-0.25, -0.2) is 10.2 Å². The summed E-state index contributed by atoms with van der Waals surface area (Å²) >= 11 is 0. The third-order valence-electron chi connectivity index (χ3n) is 0.843. The van der Waals surface area contributed by atoms with Gasteiger partial charge in [-0.2, -0.15) is 0 Å². The molecule has 0 aromatic carbocycles. The van der Waals surface area contributed by atoms with Gasteiger partial charge in [0.25, 0.3) is 0 Å². The Hall–Kier alpha value is -0.160. The molecule has 2 atom stereocenters. The molecule has 0 aromatic heterocycles. The van der Waals surface area contributed by atoms with E-state index in [-0.39, 0.29) is 17.5 Å². The zero-order chi connectivity index (χ0) is 5.28. The normalized spacial score (nSPS) is 34.8. The van der Waals surface area contributed by atoms with Crippen LogP contribution in [0.2, 0.25) is 0 Å². The van der Waals surface area contributed by atoms with Crippen molar-refractivity contribution < 1.29 is 27.8 Å². The van der Waals surface area contributed by atoms with Gasteiger partial charge >= 0.3 is 0 Å². The Morgan fingerprint density at radius 2 is 2.38 bits per heavy atom. The predicted molar refractivity (Wildman–Crippen MR) is 22.1 cm³/mol. The van der Waals surface area contributed by atoms with E-state index in [0.717, 1.165) is 0 Å². The van der Waals surface area contributed by atoms with Crippen molar-refractivity contribution in [1.29, 1.82) is 0 Å². The van der Waals surface area contributed by atoms with Gasteiger partial charge in [0.2, 0.25) is 12.6 Å². The highest BCUT2D eigenvalue weighted by Crippen LogP contribution is 1.74. The molecule has 0 amide bonds. The predicted octanol–water partition coefficient (Wildman–Crippen LogP) is -5.38. The van der Waals surface area contributed by atoms with Crippen LogP contribution in [0.3, 0.4) is 0 Å². The molecule has 1 heterocycles. The quantitative estimate of drug-likeness (QED) is 0.313. The Balaban J connectivity index is 0.000000490. The van der Waals surface area contributed by atoms with Crippen LogP contribution in [-0.2, 0) is 0 Å². The molecule has 4 nitrogen and oxygen atoms in total. The number of aliphatic hydroxyl groups excluding tert-OH is 1. The summed E-state index contributed by atoms with van der Waals surface area (Å²) in [6.45, 7) is 0.311. The Morgan fingerprint density at radius 1 is 1.75 bits per heavy atom. The molecule has 8 heavy (non-hydrogen) atoms. The number of hydrogen-bond donors (Lipinski definition) is 3. The topological polar surface area (TPSA) is 57.3 Å². The average molecular weight is 139 g/mol. The van der Waals surface area contributed by atoms with Crippen LogP contribution in [-0.4, -0.2) is 29.4 Å². The minimum Gasteiger partial charge on any atom is -1.00 e. The van der Waals surface area contributed by atoms with Gasteiger partial charge in [-0.1, -0.05) is 0 Å². The van der Waals surface area contributed by atoms with Crippen LogP contribution in [0.5, 0.6) is 0 Å². The number of aliphatic imine (C=N–C) groups is 1. The van der Waals surface area contributed by atoms with Crippen molar-refractivity contribution in [2.45, 2.75) is 6.23 Å². The van der Waals surface area contributed by atoms with E-state index in [0.29, 0.717) is 6.54 Å². The summed E-state index contributed by atoms with van der Waals surface area (Å²) in [7, 11) is 0. The second-order valence-electron chi connectivity index (χ2n) is 1.43. The van der Waals surface area contributed by atoms with Crippen LogP contribution < -0.4 is 17.5 Å². The largest absolute Gasteiger partial charge is 1.00 e. The van der Waals surface area contributed by atoms with Crippen molar-refractivity contribution in [2.24, 2.45) is 4.99 Å². The van der Waals surface area contributed by atoms with E-state index in [9.17, 15) is 0 Å². The molecule has 0 bridgehead atoms. The highest BCUT2D eigenvalue weighted by Gasteiger charge is 2.19. The molecule has 0 aromatic rings. The number of quaternary nitrogens is 1. The number of nitrogens with one attached hydrogen (secondary N) is 1. The molecule has 0 radical (unpaired) electrons. The molecule has 2 unspecified atom stereocenters. The van der Waals surface area contributed by atoms with Crippen LogP contribution in [0.25, 0.3) is 0 Å². The molecule has 3 N–H and O–H groups in total. The second-order valence-corrected chi connectivity index (χ2v) is 1.43. The van der Waals surface area contributed by atoms with E-state index in [4.69, 9.17) is 10.3 Å². The first kappa shape index (κ1) is 7.84. The van der Waals surface area contributed by atoms with Crippen LogP contribution in [0.15, 0.2) is 4.99 Å². The van der Waals surface area contributed by atoms with E-state index in [1.165, 1.54) is 6.34 Å². The molecular formula is C3H7ClN2O2. The first-order valence-corrected chi connectivity index (χ1v) is 2.04. The van der Waals surface area contributed by atoms with Crippen LogP contribution in [0, 0.1) is 0 Å². The molecule has 0 fully saturated rings. The number of nitrogens with zero attached hydrogens (tertiary/aromatic N) is 1. The zero-order valence-corrected chi connectivity index (χ0v) is 4.84. The molecule has 0 aliphatic carbocycles. The maximum atomic E-state index is 8.59. The lowest BCUT2D eigenvalue weighted by Crippen LogP contribution is -3.11. The minimum atomic E-state index is -0.736. The zero-order valence-electron chi connectivity index (χ0n) is 4.08. The lowest BCUT2D eigenvalue weighted by molar-refractivity contribution is -1.04. The van der Waals surface area contributed by atoms with Gasteiger partial charge in [-0.15, -0.1) is 5.06 Å². The fourth-order valence-electron chi connectivity index (χ4n) is 0.426. The number of halogens is 1. The van der Waals surface area contributed by atoms with E-state index in [1.807, 2.05) is 0 Å². The van der Waals surface area contributed by atoms with E-state index in [2.05, 4.69) is 4.99 Å². The first-order valence-electron chi connectivity index (χ1n) is 2.04. The van der Waals surface area contributed by atoms with Gasteiger partial charge in [-0.3, -0.25) is 0 Å². The van der Waals surface area contributed by atoms with Crippen molar-refractivity contribution in [1.82, 2.24) is 0 Å². The van der Waals surface area contributed by atoms with E-state index in [1.54, 1.807) is 0 Å². The summed E-state index contributed by atoms with van der Waals surface area (Å²) in [4.78, 5) is 3.58. The first-order chi connectivity index (χ1) is 3.30. The van der Waals surface area contributed by atoms with Gasteiger partial charge in [0.05, 0.1) is 0 Å². The van der Waals surface area contributed by atoms with Crippen molar-refractivity contribution in [3.8, 4) is 0 Å². The number of aliphatic hydroxyl groups is 1. The van der Waals surface area contributed by atoms with Gasteiger partial charge in [0.1, 0.15) is 6.54 Å².